The average molecular weight is 195 g/mol. The van der Waals surface area contributed by atoms with Gasteiger partial charge in [-0.15, -0.1) is 0 Å². The summed E-state index contributed by atoms with van der Waals surface area (Å²) in [6.07, 6.45) is 7.95. The third-order valence-corrected chi connectivity index (χ3v) is 1.59. The molecule has 14 heavy (non-hydrogen) atoms. The van der Waals surface area contributed by atoms with Crippen LogP contribution in [0.15, 0.2) is 24.3 Å². The van der Waals surface area contributed by atoms with Gasteiger partial charge in [-0.3, -0.25) is 9.59 Å². The van der Waals surface area contributed by atoms with Gasteiger partial charge < -0.3 is 5.73 Å². The van der Waals surface area contributed by atoms with E-state index < -0.39 is 11.6 Å². The van der Waals surface area contributed by atoms with Crippen LogP contribution < -0.4 is 5.73 Å². The van der Waals surface area contributed by atoms with Crippen molar-refractivity contribution in [3.05, 3.63) is 24.3 Å². The van der Waals surface area contributed by atoms with Crippen LogP contribution in [0.4, 0.5) is 0 Å². The normalized spacial score (nSPS) is 16.2. The molecule has 3 nitrogen and oxygen atoms in total. The molecule has 2 N–H and O–H groups in total. The van der Waals surface area contributed by atoms with Gasteiger partial charge in [0.25, 0.3) is 0 Å². The summed E-state index contributed by atoms with van der Waals surface area (Å²) in [6, 6.07) is 0.398. The zero-order chi connectivity index (χ0) is 11.0. The Kier molecular flexibility index (Phi) is 6.58. The maximum atomic E-state index is 10.3. The molecule has 0 fully saturated rings. The van der Waals surface area contributed by atoms with Crippen molar-refractivity contribution in [2.45, 2.75) is 32.7 Å². The zero-order valence-corrected chi connectivity index (χ0v) is 8.69. The number of hydrogen-bond acceptors (Lipinski definition) is 3. The first-order valence-electron chi connectivity index (χ1n) is 4.76. The molecule has 0 aromatic rings. The molecular weight excluding hydrogens is 178 g/mol. The highest BCUT2D eigenvalue weighted by Crippen LogP contribution is 1.90. The molecule has 3 heteroatoms. The molecule has 78 valence electrons. The molecule has 1 unspecified atom stereocenters. The standard InChI is InChI=1S/C6H4O2.C5H13N/c7-5-3-1-2-4-6(5)8;1-3-4-5(2)6/h1-4H;5H,3-4,6H2,1-2H3. The van der Waals surface area contributed by atoms with Crippen LogP contribution in [0.5, 0.6) is 0 Å². The van der Waals surface area contributed by atoms with E-state index in [1.807, 2.05) is 6.92 Å². The largest absolute Gasteiger partial charge is 0.328 e. The highest BCUT2D eigenvalue weighted by molar-refractivity contribution is 6.46. The van der Waals surface area contributed by atoms with Crippen LogP contribution in [0.25, 0.3) is 0 Å². The van der Waals surface area contributed by atoms with E-state index in [9.17, 15) is 9.59 Å². The lowest BCUT2D eigenvalue weighted by molar-refractivity contribution is -0.131. The molecule has 0 saturated carbocycles. The molecule has 1 atom stereocenters. The Morgan fingerprint density at radius 1 is 1.21 bits per heavy atom. The lowest BCUT2D eigenvalue weighted by atomic mass is 10.1. The summed E-state index contributed by atoms with van der Waals surface area (Å²) in [7, 11) is 0. The second-order valence-corrected chi connectivity index (χ2v) is 3.21. The van der Waals surface area contributed by atoms with E-state index in [2.05, 4.69) is 6.92 Å². The van der Waals surface area contributed by atoms with E-state index in [4.69, 9.17) is 5.73 Å². The molecule has 0 radical (unpaired) electrons. The van der Waals surface area contributed by atoms with Gasteiger partial charge in [-0.2, -0.15) is 0 Å². The maximum absolute atomic E-state index is 10.3. The highest BCUT2D eigenvalue weighted by Gasteiger charge is 2.06. The Bertz CT molecular complexity index is 230. The number of allylic oxidation sites excluding steroid dienone is 4. The fourth-order valence-electron chi connectivity index (χ4n) is 0.906. The summed E-state index contributed by atoms with van der Waals surface area (Å²) < 4.78 is 0. The first-order valence-corrected chi connectivity index (χ1v) is 4.76. The molecule has 1 aliphatic carbocycles. The third kappa shape index (κ3) is 6.31. The molecule has 0 aliphatic heterocycles. The van der Waals surface area contributed by atoms with Crippen molar-refractivity contribution in [2.24, 2.45) is 5.73 Å². The van der Waals surface area contributed by atoms with E-state index in [0.717, 1.165) is 6.42 Å². The minimum atomic E-state index is -0.437. The molecule has 1 rings (SSSR count). The lowest BCUT2D eigenvalue weighted by Gasteiger charge is -1.96. The molecule has 0 spiro atoms. The van der Waals surface area contributed by atoms with E-state index in [-0.39, 0.29) is 0 Å². The lowest BCUT2D eigenvalue weighted by Crippen LogP contribution is -2.13. The van der Waals surface area contributed by atoms with Gasteiger partial charge in [0, 0.05) is 6.04 Å². The Hall–Kier alpha value is -1.22. The van der Waals surface area contributed by atoms with Crippen LogP contribution in [0.1, 0.15) is 26.7 Å². The number of hydrogen-bond donors (Lipinski definition) is 1. The summed E-state index contributed by atoms with van der Waals surface area (Å²) in [5.74, 6) is -0.875. The number of nitrogens with two attached hydrogens (primary N) is 1. The molecule has 0 bridgehead atoms. The van der Waals surface area contributed by atoms with Crippen molar-refractivity contribution in [2.75, 3.05) is 0 Å². The van der Waals surface area contributed by atoms with Gasteiger partial charge in [-0.1, -0.05) is 25.5 Å². The van der Waals surface area contributed by atoms with E-state index in [1.54, 1.807) is 12.2 Å². The Morgan fingerprint density at radius 2 is 1.64 bits per heavy atom. The van der Waals surface area contributed by atoms with E-state index in [1.165, 1.54) is 18.6 Å². The summed E-state index contributed by atoms with van der Waals surface area (Å²) in [4.78, 5) is 20.6. The van der Waals surface area contributed by atoms with Crippen LogP contribution in [0.3, 0.4) is 0 Å². The molecule has 0 aromatic heterocycles. The van der Waals surface area contributed by atoms with Crippen molar-refractivity contribution in [1.29, 1.82) is 0 Å². The quantitative estimate of drug-likeness (QED) is 0.535. The topological polar surface area (TPSA) is 60.2 Å². The number of rotatable bonds is 2. The SMILES string of the molecule is CCCC(C)N.O=C1C=CC=CC1=O. The van der Waals surface area contributed by atoms with Gasteiger partial charge in [0.2, 0.25) is 11.6 Å². The predicted molar refractivity (Wildman–Crippen MR) is 56.9 cm³/mol. The van der Waals surface area contributed by atoms with Crippen LogP contribution in [-0.2, 0) is 9.59 Å². The summed E-state index contributed by atoms with van der Waals surface area (Å²) in [5, 5.41) is 0. The van der Waals surface area contributed by atoms with Gasteiger partial charge in [0.15, 0.2) is 0 Å². The van der Waals surface area contributed by atoms with Crippen molar-refractivity contribution < 1.29 is 9.59 Å². The number of carbonyl (C=O) groups excluding carboxylic acids is 2. The Balaban J connectivity index is 0.000000255. The van der Waals surface area contributed by atoms with Crippen LogP contribution in [0, 0.1) is 0 Å². The average Bonchev–Trinajstić information content (AvgIpc) is 2.11. The first kappa shape index (κ1) is 12.8. The minimum Gasteiger partial charge on any atom is -0.328 e. The van der Waals surface area contributed by atoms with Crippen LogP contribution >= 0.6 is 0 Å². The van der Waals surface area contributed by atoms with Crippen molar-refractivity contribution in [3.8, 4) is 0 Å². The smallest absolute Gasteiger partial charge is 0.225 e. The fraction of sp³-hybridized carbons (Fsp3) is 0.455. The van der Waals surface area contributed by atoms with Gasteiger partial charge in [0.1, 0.15) is 0 Å². The summed E-state index contributed by atoms with van der Waals surface area (Å²) >= 11 is 0. The monoisotopic (exact) mass is 195 g/mol. The second kappa shape index (κ2) is 7.21. The second-order valence-electron chi connectivity index (χ2n) is 3.21. The van der Waals surface area contributed by atoms with Gasteiger partial charge in [-0.25, -0.2) is 0 Å². The molecule has 0 saturated heterocycles. The van der Waals surface area contributed by atoms with Crippen LogP contribution in [0.2, 0.25) is 0 Å². The molecule has 0 aromatic carbocycles. The molecule has 0 amide bonds. The van der Waals surface area contributed by atoms with Crippen LogP contribution in [-0.4, -0.2) is 17.6 Å². The number of ketones is 2. The van der Waals surface area contributed by atoms with E-state index >= 15 is 0 Å². The van der Waals surface area contributed by atoms with Crippen molar-refractivity contribution in [1.82, 2.24) is 0 Å². The first-order chi connectivity index (χ1) is 6.57. The minimum absolute atomic E-state index is 0.398. The van der Waals surface area contributed by atoms with E-state index in [0.29, 0.717) is 6.04 Å². The van der Waals surface area contributed by atoms with Crippen molar-refractivity contribution >= 4 is 11.6 Å². The third-order valence-electron chi connectivity index (χ3n) is 1.59. The Labute approximate surface area is 84.7 Å². The highest BCUT2D eigenvalue weighted by atomic mass is 16.2. The molecular formula is C11H17NO2. The number of carbonyl (C=O) groups is 2. The fourth-order valence-corrected chi connectivity index (χ4v) is 0.906. The van der Waals surface area contributed by atoms with Crippen molar-refractivity contribution in [3.63, 3.8) is 0 Å². The Morgan fingerprint density at radius 3 is 1.79 bits per heavy atom. The zero-order valence-electron chi connectivity index (χ0n) is 8.69. The van der Waals surface area contributed by atoms with Gasteiger partial charge >= 0.3 is 0 Å². The molecule has 0 heterocycles. The summed E-state index contributed by atoms with van der Waals surface area (Å²) in [6.45, 7) is 4.17. The molecule has 1 aliphatic rings. The maximum Gasteiger partial charge on any atom is 0.225 e. The van der Waals surface area contributed by atoms with Gasteiger partial charge in [0.05, 0.1) is 0 Å². The summed E-state index contributed by atoms with van der Waals surface area (Å²) in [5.41, 5.74) is 5.40. The van der Waals surface area contributed by atoms with Gasteiger partial charge in [-0.05, 0) is 25.5 Å². The predicted octanol–water partition coefficient (Wildman–Crippen LogP) is 1.38.